The molecular weight excluding hydrogens is 189 g/mol. The predicted molar refractivity (Wildman–Crippen MR) is 54.4 cm³/mol. The molecule has 0 saturated heterocycles. The van der Waals surface area contributed by atoms with Gasteiger partial charge < -0.3 is 14.6 Å². The zero-order valence-corrected chi connectivity index (χ0v) is 9.20. The third-order valence-corrected chi connectivity index (χ3v) is 1.79. The first-order chi connectivity index (χ1) is 6.31. The number of rotatable bonds is 8. The summed E-state index contributed by atoms with van der Waals surface area (Å²) in [7, 11) is 3.83. The van der Waals surface area contributed by atoms with Gasteiger partial charge in [0.25, 0.3) is 0 Å². The van der Waals surface area contributed by atoms with Crippen molar-refractivity contribution in [1.29, 1.82) is 0 Å². The van der Waals surface area contributed by atoms with Gasteiger partial charge in [-0.3, -0.25) is 4.79 Å². The molecule has 1 unspecified atom stereocenters. The minimum absolute atomic E-state index is 0.0216. The predicted octanol–water partition coefficient (Wildman–Crippen LogP) is 0.726. The lowest BCUT2D eigenvalue weighted by Crippen LogP contribution is -2.19. The van der Waals surface area contributed by atoms with E-state index in [9.17, 15) is 4.79 Å². The first kappa shape index (κ1) is 12.8. The van der Waals surface area contributed by atoms with Crippen LogP contribution >= 0.6 is 9.47 Å². The molecule has 0 rings (SSSR count). The van der Waals surface area contributed by atoms with Gasteiger partial charge in [-0.05, 0) is 12.8 Å². The summed E-state index contributed by atoms with van der Waals surface area (Å²) in [6.07, 6.45) is 2.41. The Labute approximate surface area is 81.6 Å². The molecule has 0 saturated carbocycles. The number of hydrogen-bond acceptors (Lipinski definition) is 3. The molecule has 1 amide bonds. The SMILES string of the molecule is CNC(=O)CCOCCCCOP. The van der Waals surface area contributed by atoms with Gasteiger partial charge in [0, 0.05) is 29.5 Å². The number of nitrogens with one attached hydrogen (secondary N) is 1. The van der Waals surface area contributed by atoms with Gasteiger partial charge in [0.05, 0.1) is 13.2 Å². The Balaban J connectivity index is 2.95. The summed E-state index contributed by atoms with van der Waals surface area (Å²) in [4.78, 5) is 10.7. The van der Waals surface area contributed by atoms with Crippen molar-refractivity contribution in [2.45, 2.75) is 19.3 Å². The Hall–Kier alpha value is -0.180. The van der Waals surface area contributed by atoms with E-state index < -0.39 is 0 Å². The standard InChI is InChI=1S/C8H18NO3P/c1-9-8(10)4-7-11-5-2-3-6-12-13/h2-7,13H2,1H3,(H,9,10). The minimum Gasteiger partial charge on any atom is -0.381 e. The highest BCUT2D eigenvalue weighted by Gasteiger charge is 1.96. The van der Waals surface area contributed by atoms with Crippen LogP contribution in [-0.4, -0.2) is 32.8 Å². The van der Waals surface area contributed by atoms with Crippen LogP contribution in [-0.2, 0) is 14.1 Å². The van der Waals surface area contributed by atoms with Gasteiger partial charge in [-0.2, -0.15) is 0 Å². The van der Waals surface area contributed by atoms with Gasteiger partial charge >= 0.3 is 0 Å². The first-order valence-corrected chi connectivity index (χ1v) is 4.88. The highest BCUT2D eigenvalue weighted by Crippen LogP contribution is 1.94. The van der Waals surface area contributed by atoms with Crippen molar-refractivity contribution in [3.8, 4) is 0 Å². The van der Waals surface area contributed by atoms with Crippen LogP contribution in [0.2, 0.25) is 0 Å². The normalized spacial score (nSPS) is 10.0. The molecule has 0 aliphatic heterocycles. The second-order valence-corrected chi connectivity index (χ2v) is 2.95. The van der Waals surface area contributed by atoms with E-state index in [0.29, 0.717) is 19.6 Å². The van der Waals surface area contributed by atoms with Crippen molar-refractivity contribution in [2.75, 3.05) is 26.9 Å². The quantitative estimate of drug-likeness (QED) is 0.471. The molecule has 0 radical (unpaired) electrons. The molecule has 0 aromatic heterocycles. The van der Waals surface area contributed by atoms with Crippen LogP contribution < -0.4 is 5.32 Å². The summed E-state index contributed by atoms with van der Waals surface area (Å²) in [6.45, 7) is 1.94. The second-order valence-electron chi connectivity index (χ2n) is 2.61. The van der Waals surface area contributed by atoms with Crippen molar-refractivity contribution in [3.05, 3.63) is 0 Å². The second kappa shape index (κ2) is 9.90. The van der Waals surface area contributed by atoms with Crippen LogP contribution in [0.4, 0.5) is 0 Å². The van der Waals surface area contributed by atoms with E-state index in [-0.39, 0.29) is 5.91 Å². The van der Waals surface area contributed by atoms with Crippen LogP contribution in [0.1, 0.15) is 19.3 Å². The fraction of sp³-hybridized carbons (Fsp3) is 0.875. The summed E-state index contributed by atoms with van der Waals surface area (Å²) in [5.41, 5.74) is 0. The van der Waals surface area contributed by atoms with Gasteiger partial charge in [0.1, 0.15) is 0 Å². The zero-order valence-electron chi connectivity index (χ0n) is 8.04. The maximum absolute atomic E-state index is 10.7. The van der Waals surface area contributed by atoms with E-state index in [4.69, 9.17) is 9.26 Å². The van der Waals surface area contributed by atoms with Crippen molar-refractivity contribution >= 4 is 15.4 Å². The number of ether oxygens (including phenoxy) is 1. The lowest BCUT2D eigenvalue weighted by atomic mass is 10.3. The Kier molecular flexibility index (Phi) is 9.77. The first-order valence-electron chi connectivity index (χ1n) is 4.41. The van der Waals surface area contributed by atoms with E-state index in [1.54, 1.807) is 7.05 Å². The molecule has 0 aliphatic carbocycles. The summed E-state index contributed by atoms with van der Waals surface area (Å²) in [6, 6.07) is 0. The van der Waals surface area contributed by atoms with E-state index in [0.717, 1.165) is 19.4 Å². The molecule has 1 atom stereocenters. The summed E-state index contributed by atoms with van der Waals surface area (Å²) in [5.74, 6) is 0.0216. The molecular formula is C8H18NO3P. The van der Waals surface area contributed by atoms with Crippen LogP contribution in [0.15, 0.2) is 0 Å². The maximum atomic E-state index is 10.7. The highest BCUT2D eigenvalue weighted by molar-refractivity contribution is 7.09. The fourth-order valence-corrected chi connectivity index (χ4v) is 0.948. The van der Waals surface area contributed by atoms with Gasteiger partial charge in [0.15, 0.2) is 0 Å². The van der Waals surface area contributed by atoms with Crippen molar-refractivity contribution in [3.63, 3.8) is 0 Å². The third-order valence-electron chi connectivity index (χ3n) is 1.55. The molecule has 0 fully saturated rings. The molecule has 0 aromatic carbocycles. The lowest BCUT2D eigenvalue weighted by Gasteiger charge is -2.02. The Morgan fingerprint density at radius 3 is 2.62 bits per heavy atom. The molecule has 0 aromatic rings. The molecule has 0 heterocycles. The van der Waals surface area contributed by atoms with E-state index in [1.807, 2.05) is 0 Å². The smallest absolute Gasteiger partial charge is 0.222 e. The Morgan fingerprint density at radius 2 is 2.00 bits per heavy atom. The lowest BCUT2D eigenvalue weighted by molar-refractivity contribution is -0.121. The van der Waals surface area contributed by atoms with Crippen molar-refractivity contribution in [1.82, 2.24) is 5.32 Å². The summed E-state index contributed by atoms with van der Waals surface area (Å²) >= 11 is 0. The zero-order chi connectivity index (χ0) is 9.94. The number of unbranched alkanes of at least 4 members (excludes halogenated alkanes) is 1. The minimum atomic E-state index is 0.0216. The topological polar surface area (TPSA) is 47.6 Å². The third kappa shape index (κ3) is 9.74. The molecule has 0 spiro atoms. The van der Waals surface area contributed by atoms with Crippen LogP contribution in [0, 0.1) is 0 Å². The van der Waals surface area contributed by atoms with Crippen LogP contribution in [0.5, 0.6) is 0 Å². The van der Waals surface area contributed by atoms with Gasteiger partial charge in [-0.25, -0.2) is 0 Å². The molecule has 0 bridgehead atoms. The van der Waals surface area contributed by atoms with E-state index >= 15 is 0 Å². The van der Waals surface area contributed by atoms with Gasteiger partial charge in [-0.15, -0.1) is 0 Å². The Bertz CT molecular complexity index is 133. The maximum Gasteiger partial charge on any atom is 0.222 e. The number of carbonyl (C=O) groups excluding carboxylic acids is 1. The fourth-order valence-electron chi connectivity index (χ4n) is 0.781. The number of hydrogen-bond donors (Lipinski definition) is 1. The average Bonchev–Trinajstić information content (AvgIpc) is 2.16. The van der Waals surface area contributed by atoms with Crippen LogP contribution in [0.25, 0.3) is 0 Å². The largest absolute Gasteiger partial charge is 0.381 e. The van der Waals surface area contributed by atoms with E-state index in [1.165, 1.54) is 0 Å². The molecule has 13 heavy (non-hydrogen) atoms. The van der Waals surface area contributed by atoms with Crippen molar-refractivity contribution < 1.29 is 14.1 Å². The highest BCUT2D eigenvalue weighted by atomic mass is 31.0. The average molecular weight is 207 g/mol. The molecule has 0 aliphatic rings. The summed E-state index contributed by atoms with van der Waals surface area (Å²) in [5, 5.41) is 2.53. The van der Waals surface area contributed by atoms with Crippen molar-refractivity contribution in [2.24, 2.45) is 0 Å². The molecule has 4 nitrogen and oxygen atoms in total. The van der Waals surface area contributed by atoms with E-state index in [2.05, 4.69) is 14.8 Å². The molecule has 78 valence electrons. The van der Waals surface area contributed by atoms with Crippen LogP contribution in [0.3, 0.4) is 0 Å². The monoisotopic (exact) mass is 207 g/mol. The number of carbonyl (C=O) groups is 1. The molecule has 5 heteroatoms. The Morgan fingerprint density at radius 1 is 1.31 bits per heavy atom. The van der Waals surface area contributed by atoms with Gasteiger partial charge in [-0.1, -0.05) is 0 Å². The molecule has 1 N–H and O–H groups in total. The summed E-state index contributed by atoms with van der Waals surface area (Å²) < 4.78 is 10.0. The van der Waals surface area contributed by atoms with Gasteiger partial charge in [0.2, 0.25) is 5.91 Å². The number of amides is 1.